The zero-order chi connectivity index (χ0) is 54.8. The molecule has 386 valence electrons. The number of carbonyl (C=O) groups excluding carboxylic acids is 4. The van der Waals surface area contributed by atoms with Gasteiger partial charge in [-0.3, -0.25) is 0 Å². The van der Waals surface area contributed by atoms with Gasteiger partial charge in [0.05, 0.1) is 29.7 Å². The summed E-state index contributed by atoms with van der Waals surface area (Å²) in [6.07, 6.45) is 4.15. The monoisotopic (exact) mass is 1020 g/mol. The molecule has 14 heteroatoms. The fourth-order valence-electron chi connectivity index (χ4n) is 11.8. The van der Waals surface area contributed by atoms with Crippen molar-refractivity contribution in [2.75, 3.05) is 26.2 Å². The third-order valence-electron chi connectivity index (χ3n) is 15.1. The van der Waals surface area contributed by atoms with Crippen LogP contribution in [0.5, 0.6) is 11.5 Å². The van der Waals surface area contributed by atoms with Crippen LogP contribution in [-0.4, -0.2) is 72.1 Å². The third kappa shape index (κ3) is 10.1. The smallest absolute Gasteiger partial charge is 0.354 e. The number of esters is 4. The van der Waals surface area contributed by atoms with E-state index in [0.717, 1.165) is 45.5 Å². The highest BCUT2D eigenvalue weighted by Crippen LogP contribution is 2.56. The first-order valence-corrected chi connectivity index (χ1v) is 25.5. The Morgan fingerprint density at radius 2 is 0.935 bits per heavy atom. The number of nitrogens with zero attached hydrogens (tertiary/aromatic N) is 6. The highest BCUT2D eigenvalue weighted by Gasteiger charge is 2.47. The lowest BCUT2D eigenvalue weighted by molar-refractivity contribution is -0.143. The van der Waals surface area contributed by atoms with Gasteiger partial charge < -0.3 is 28.7 Å². The lowest BCUT2D eigenvalue weighted by Gasteiger charge is -2.37. The van der Waals surface area contributed by atoms with E-state index < -0.39 is 52.3 Å². The van der Waals surface area contributed by atoms with Crippen molar-refractivity contribution in [1.29, 1.82) is 21.0 Å². The molecule has 2 heterocycles. The highest BCUT2D eigenvalue weighted by molar-refractivity contribution is 5.97. The van der Waals surface area contributed by atoms with Gasteiger partial charge in [0.25, 0.3) is 0 Å². The molecule has 4 aromatic rings. The van der Waals surface area contributed by atoms with Crippen molar-refractivity contribution < 1.29 is 38.1 Å². The zero-order valence-corrected chi connectivity index (χ0v) is 43.5. The number of nitriles is 4. The topological polar surface area (TPSA) is 207 Å². The van der Waals surface area contributed by atoms with Crippen LogP contribution in [0.25, 0.3) is 11.1 Å². The minimum Gasteiger partial charge on any atom is -0.457 e. The van der Waals surface area contributed by atoms with Gasteiger partial charge in [-0.15, -0.1) is 0 Å². The molecular weight excluding hydrogens is 969 g/mol. The first-order chi connectivity index (χ1) is 37.0. The molecule has 77 heavy (non-hydrogen) atoms. The molecular formula is C63H56N6O8. The van der Waals surface area contributed by atoms with Crippen LogP contribution in [0.15, 0.2) is 167 Å². The minimum atomic E-state index is -0.928. The van der Waals surface area contributed by atoms with Crippen molar-refractivity contribution in [3.8, 4) is 46.9 Å². The normalized spacial score (nSPS) is 20.9. The van der Waals surface area contributed by atoms with E-state index in [1.54, 1.807) is 24.3 Å². The Bertz CT molecular complexity index is 3230. The molecule has 0 bridgehead atoms. The summed E-state index contributed by atoms with van der Waals surface area (Å²) in [6.45, 7) is 16.8. The van der Waals surface area contributed by atoms with E-state index in [4.69, 9.17) is 18.9 Å². The van der Waals surface area contributed by atoms with Gasteiger partial charge in [-0.2, -0.15) is 21.0 Å². The van der Waals surface area contributed by atoms with Gasteiger partial charge in [-0.25, -0.2) is 19.2 Å². The first kappa shape index (κ1) is 52.6. The van der Waals surface area contributed by atoms with Crippen LogP contribution in [0, 0.1) is 56.2 Å². The summed E-state index contributed by atoms with van der Waals surface area (Å²) in [6, 6.07) is 39.1. The van der Waals surface area contributed by atoms with Gasteiger partial charge in [0.1, 0.15) is 59.1 Å². The quantitative estimate of drug-likeness (QED) is 0.0493. The number of fused-ring (bicyclic) bond motifs is 3. The molecule has 2 aliphatic heterocycles. The Morgan fingerprint density at radius 3 is 1.29 bits per heavy atom. The van der Waals surface area contributed by atoms with E-state index in [1.165, 1.54) is 0 Å². The van der Waals surface area contributed by atoms with E-state index in [2.05, 4.69) is 61.7 Å². The Hall–Kier alpha value is -9.24. The summed E-state index contributed by atoms with van der Waals surface area (Å²) in [4.78, 5) is 56.2. The van der Waals surface area contributed by atoms with Gasteiger partial charge >= 0.3 is 23.9 Å². The molecule has 0 amide bonds. The number of likely N-dealkylation sites (tertiary alicyclic amines) is 2. The predicted octanol–water partition coefficient (Wildman–Crippen LogP) is 10.3. The van der Waals surface area contributed by atoms with Crippen molar-refractivity contribution >= 4 is 23.9 Å². The Morgan fingerprint density at radius 1 is 0.558 bits per heavy atom. The van der Waals surface area contributed by atoms with Crippen LogP contribution in [0.1, 0.15) is 88.5 Å². The molecule has 14 nitrogen and oxygen atoms in total. The van der Waals surface area contributed by atoms with Gasteiger partial charge in [-0.05, 0) is 105 Å². The molecule has 3 aliphatic carbocycles. The second kappa shape index (κ2) is 21.2. The highest BCUT2D eigenvalue weighted by atomic mass is 16.6. The second-order valence-electron chi connectivity index (χ2n) is 21.5. The molecule has 5 aliphatic rings. The maximum absolute atomic E-state index is 14.1. The van der Waals surface area contributed by atoms with Crippen molar-refractivity contribution in [2.24, 2.45) is 10.8 Å². The molecule has 0 radical (unpaired) electrons. The zero-order valence-electron chi connectivity index (χ0n) is 43.5. The maximum atomic E-state index is 14.1. The van der Waals surface area contributed by atoms with E-state index in [-0.39, 0.29) is 46.6 Å². The number of benzene rings is 4. The Labute approximate surface area is 448 Å². The second-order valence-corrected chi connectivity index (χ2v) is 21.5. The summed E-state index contributed by atoms with van der Waals surface area (Å²) in [7, 11) is 0. The van der Waals surface area contributed by atoms with Crippen LogP contribution in [-0.2, 0) is 34.1 Å². The molecule has 2 atom stereocenters. The number of hydrogen-bond acceptors (Lipinski definition) is 14. The SMILES string of the molecule is C=CC(=O)OC1CCN(C2=C(C#N)/C(=C(\C#N)C(=O)Oc3ccc(C4(c5ccc(OC(=O)/C(C#N)=C6\CC(C)(C)CC(N7CCC(OC(=O)C=C)C7)=C6C#N)cc5)c5ccccc5-c5ccccc54)cc3)CC(C)(C)C2)C1. The number of ether oxygens (including phenoxy) is 4. The largest absolute Gasteiger partial charge is 0.457 e. The fraction of sp³-hybridized carbons (Fsp3) is 0.302. The fourth-order valence-corrected chi connectivity index (χ4v) is 11.8. The molecule has 0 saturated carbocycles. The van der Waals surface area contributed by atoms with Crippen LogP contribution >= 0.6 is 0 Å². The third-order valence-corrected chi connectivity index (χ3v) is 15.1. The minimum absolute atomic E-state index is 0.178. The van der Waals surface area contributed by atoms with Crippen molar-refractivity contribution in [1.82, 2.24) is 9.80 Å². The van der Waals surface area contributed by atoms with Crippen LogP contribution in [0.3, 0.4) is 0 Å². The summed E-state index contributed by atoms with van der Waals surface area (Å²) in [5, 5.41) is 42.2. The molecule has 9 rings (SSSR count). The molecule has 2 fully saturated rings. The van der Waals surface area contributed by atoms with E-state index in [1.807, 2.05) is 86.0 Å². The van der Waals surface area contributed by atoms with Gasteiger partial charge in [0, 0.05) is 49.5 Å². The maximum Gasteiger partial charge on any atom is 0.354 e. The Kier molecular flexibility index (Phi) is 14.5. The van der Waals surface area contributed by atoms with Crippen LogP contribution < -0.4 is 9.47 Å². The molecule has 0 N–H and O–H groups in total. The summed E-state index contributed by atoms with van der Waals surface area (Å²) in [5.41, 5.74) is 5.79. The van der Waals surface area contributed by atoms with Crippen molar-refractivity contribution in [2.45, 2.75) is 83.8 Å². The van der Waals surface area contributed by atoms with E-state index >= 15 is 0 Å². The Balaban J connectivity index is 1.02. The van der Waals surface area contributed by atoms with Gasteiger partial charge in [0.2, 0.25) is 0 Å². The number of allylic oxidation sites excluding steroid dienone is 6. The van der Waals surface area contributed by atoms with Crippen molar-refractivity contribution in [3.05, 3.63) is 189 Å². The van der Waals surface area contributed by atoms with Crippen LogP contribution in [0.4, 0.5) is 0 Å². The van der Waals surface area contributed by atoms with Crippen molar-refractivity contribution in [3.63, 3.8) is 0 Å². The average molecular weight is 1030 g/mol. The molecule has 0 aromatic heterocycles. The van der Waals surface area contributed by atoms with E-state index in [9.17, 15) is 40.2 Å². The van der Waals surface area contributed by atoms with Gasteiger partial charge in [-0.1, -0.05) is 114 Å². The summed E-state index contributed by atoms with van der Waals surface area (Å²) >= 11 is 0. The molecule has 0 spiro atoms. The number of hydrogen-bond donors (Lipinski definition) is 0. The first-order valence-electron chi connectivity index (χ1n) is 25.5. The number of rotatable bonds is 12. The predicted molar refractivity (Wildman–Crippen MR) is 284 cm³/mol. The van der Waals surface area contributed by atoms with Gasteiger partial charge in [0.15, 0.2) is 0 Å². The molecule has 4 aromatic carbocycles. The lowest BCUT2D eigenvalue weighted by atomic mass is 9.68. The molecule has 2 saturated heterocycles. The summed E-state index contributed by atoms with van der Waals surface area (Å²) < 4.78 is 22.9. The standard InChI is InChI=1S/C63H56N6O8/c1-7-57(70)74-43-25-27-68(37-43)55-31-61(3,4)29-47(49(55)33-64)51(35-66)59(72)76-41-21-17-39(18-22-41)63(53-15-11-9-13-45(53)46-14-10-12-16-54(46)63)40-19-23-42(24-20-40)77-60(73)52(36-67)48-30-62(5,6)32-56(50(48)34-65)69-28-26-44(38-69)75-58(71)8-2/h7-24,43-44H,1-2,25-32,37-38H2,3-6H3/b51-47+,52-48+. The summed E-state index contributed by atoms with van der Waals surface area (Å²) in [5.74, 6) is -2.49. The molecule has 2 unspecified atom stereocenters. The van der Waals surface area contributed by atoms with E-state index in [0.29, 0.717) is 74.4 Å². The lowest BCUT2D eigenvalue weighted by Crippen LogP contribution is -2.32. The van der Waals surface area contributed by atoms with Crippen LogP contribution in [0.2, 0.25) is 0 Å². The average Bonchev–Trinajstić information content (AvgIpc) is 4.16. The number of carbonyl (C=O) groups is 4.